The summed E-state index contributed by atoms with van der Waals surface area (Å²) in [6.07, 6.45) is 0. The third kappa shape index (κ3) is 3.59. The van der Waals surface area contributed by atoms with Gasteiger partial charge in [-0.2, -0.15) is 0 Å². The van der Waals surface area contributed by atoms with Gasteiger partial charge in [0.25, 0.3) is 0 Å². The van der Waals surface area contributed by atoms with Crippen molar-refractivity contribution in [2.45, 2.75) is 0 Å². The number of aromatic nitrogens is 1. The molecule has 2 N–H and O–H groups in total. The van der Waals surface area contributed by atoms with Crippen LogP contribution in [0.15, 0.2) is 34.8 Å². The highest BCUT2D eigenvalue weighted by molar-refractivity contribution is 9.10. The molecule has 0 spiro atoms. The van der Waals surface area contributed by atoms with Crippen LogP contribution in [0, 0.1) is 0 Å². The minimum Gasteiger partial charge on any atom is -0.478 e. The molecule has 0 aliphatic heterocycles. The number of pyridine rings is 1. The van der Waals surface area contributed by atoms with E-state index in [-0.39, 0.29) is 10.7 Å². The Hall–Kier alpha value is -1.30. The van der Waals surface area contributed by atoms with Crippen LogP contribution in [0.5, 0.6) is 0 Å². The number of nitrogens with zero attached hydrogens (tertiary/aromatic N) is 1. The highest BCUT2D eigenvalue weighted by Gasteiger charge is 2.09. The Labute approximate surface area is 127 Å². The third-order valence-electron chi connectivity index (χ3n) is 2.23. The number of anilines is 2. The van der Waals surface area contributed by atoms with Crippen LogP contribution in [0.4, 0.5) is 11.5 Å². The topological polar surface area (TPSA) is 62.2 Å². The molecule has 4 nitrogen and oxygen atoms in total. The van der Waals surface area contributed by atoms with E-state index in [0.29, 0.717) is 16.5 Å². The summed E-state index contributed by atoms with van der Waals surface area (Å²) >= 11 is 15.1. The molecule has 0 amide bonds. The lowest BCUT2D eigenvalue weighted by Gasteiger charge is -2.09. The lowest BCUT2D eigenvalue weighted by molar-refractivity contribution is 0.0697. The molecule has 19 heavy (non-hydrogen) atoms. The fourth-order valence-electron chi connectivity index (χ4n) is 1.41. The summed E-state index contributed by atoms with van der Waals surface area (Å²) < 4.78 is 0.841. The van der Waals surface area contributed by atoms with Gasteiger partial charge in [-0.3, -0.25) is 0 Å². The Balaban J connectivity index is 2.35. The number of halogens is 3. The number of hydrogen-bond donors (Lipinski definition) is 2. The van der Waals surface area contributed by atoms with Gasteiger partial charge in [0.2, 0.25) is 0 Å². The predicted molar refractivity (Wildman–Crippen MR) is 78.6 cm³/mol. The molecule has 0 aliphatic rings. The molecule has 0 unspecified atom stereocenters. The predicted octanol–water partition coefficient (Wildman–Crippen LogP) is 4.59. The van der Waals surface area contributed by atoms with Gasteiger partial charge < -0.3 is 10.4 Å². The number of carboxylic acid groups (broad SMARTS) is 1. The van der Waals surface area contributed by atoms with Crippen LogP contribution in [0.1, 0.15) is 10.4 Å². The molecule has 2 rings (SSSR count). The largest absolute Gasteiger partial charge is 0.478 e. The number of hydrogen-bond acceptors (Lipinski definition) is 3. The molecule has 0 radical (unpaired) electrons. The van der Waals surface area contributed by atoms with Gasteiger partial charge in [0.1, 0.15) is 11.0 Å². The zero-order chi connectivity index (χ0) is 14.0. The van der Waals surface area contributed by atoms with E-state index in [4.69, 9.17) is 28.3 Å². The van der Waals surface area contributed by atoms with Crippen molar-refractivity contribution in [3.05, 3.63) is 50.5 Å². The summed E-state index contributed by atoms with van der Waals surface area (Å²) in [6, 6.07) is 7.92. The number of carboxylic acids is 1. The fraction of sp³-hybridized carbons (Fsp3) is 0. The first kappa shape index (κ1) is 14.1. The molecule has 0 fully saturated rings. The Morgan fingerprint density at radius 2 is 2.00 bits per heavy atom. The smallest absolute Gasteiger partial charge is 0.335 e. The van der Waals surface area contributed by atoms with Crippen molar-refractivity contribution in [2.24, 2.45) is 0 Å². The van der Waals surface area contributed by atoms with Gasteiger partial charge in [-0.1, -0.05) is 39.1 Å². The maximum atomic E-state index is 10.9. The standard InChI is InChI=1S/C12H7BrCl2N2O2/c13-7-1-2-9(8(14)5-7)16-11-4-6(12(18)19)3-10(15)17-11/h1-5H,(H,16,17)(H,18,19). The molecule has 7 heteroatoms. The fourth-order valence-corrected chi connectivity index (χ4v) is 2.34. The minimum absolute atomic E-state index is 0.0516. The zero-order valence-corrected chi connectivity index (χ0v) is 12.4. The van der Waals surface area contributed by atoms with Crippen molar-refractivity contribution in [2.75, 3.05) is 5.32 Å². The molecule has 0 bridgehead atoms. The highest BCUT2D eigenvalue weighted by atomic mass is 79.9. The summed E-state index contributed by atoms with van der Waals surface area (Å²) in [4.78, 5) is 14.9. The van der Waals surface area contributed by atoms with Crippen molar-refractivity contribution < 1.29 is 9.90 Å². The van der Waals surface area contributed by atoms with Crippen LogP contribution in [-0.4, -0.2) is 16.1 Å². The summed E-state index contributed by atoms with van der Waals surface area (Å²) in [5.41, 5.74) is 0.659. The molecule has 2 aromatic rings. The first-order chi connectivity index (χ1) is 8.95. The average Bonchev–Trinajstić information content (AvgIpc) is 2.32. The number of rotatable bonds is 3. The minimum atomic E-state index is -1.07. The van der Waals surface area contributed by atoms with E-state index in [9.17, 15) is 4.79 Å². The molecular formula is C12H7BrCl2N2O2. The van der Waals surface area contributed by atoms with Gasteiger partial charge in [-0.15, -0.1) is 0 Å². The van der Waals surface area contributed by atoms with E-state index >= 15 is 0 Å². The van der Waals surface area contributed by atoms with Gasteiger partial charge in [0.05, 0.1) is 16.3 Å². The molecule has 98 valence electrons. The molecule has 1 aromatic carbocycles. The van der Waals surface area contributed by atoms with E-state index in [0.717, 1.165) is 4.47 Å². The Bertz CT molecular complexity index is 650. The molecule has 0 aliphatic carbocycles. The van der Waals surface area contributed by atoms with E-state index < -0.39 is 5.97 Å². The monoisotopic (exact) mass is 360 g/mol. The maximum absolute atomic E-state index is 10.9. The van der Waals surface area contributed by atoms with E-state index in [1.807, 2.05) is 0 Å². The first-order valence-electron chi connectivity index (χ1n) is 5.08. The van der Waals surface area contributed by atoms with Gasteiger partial charge in [0, 0.05) is 4.47 Å². The van der Waals surface area contributed by atoms with Crippen LogP contribution >= 0.6 is 39.1 Å². The lowest BCUT2D eigenvalue weighted by Crippen LogP contribution is -2.01. The second kappa shape index (κ2) is 5.77. The summed E-state index contributed by atoms with van der Waals surface area (Å²) in [6.45, 7) is 0. The lowest BCUT2D eigenvalue weighted by atomic mass is 10.2. The average molecular weight is 362 g/mol. The van der Waals surface area contributed by atoms with E-state index in [1.165, 1.54) is 12.1 Å². The molecule has 1 heterocycles. The van der Waals surface area contributed by atoms with Crippen LogP contribution in [0.2, 0.25) is 10.2 Å². The van der Waals surface area contributed by atoms with Crippen molar-refractivity contribution in [3.63, 3.8) is 0 Å². The van der Waals surface area contributed by atoms with Gasteiger partial charge in [0.15, 0.2) is 0 Å². The zero-order valence-electron chi connectivity index (χ0n) is 9.32. The Kier molecular flexibility index (Phi) is 4.29. The van der Waals surface area contributed by atoms with Crippen molar-refractivity contribution in [3.8, 4) is 0 Å². The van der Waals surface area contributed by atoms with Crippen LogP contribution in [0.3, 0.4) is 0 Å². The highest BCUT2D eigenvalue weighted by Crippen LogP contribution is 2.28. The van der Waals surface area contributed by atoms with Gasteiger partial charge in [-0.05, 0) is 30.3 Å². The van der Waals surface area contributed by atoms with E-state index in [1.54, 1.807) is 18.2 Å². The number of carbonyl (C=O) groups is 1. The maximum Gasteiger partial charge on any atom is 0.335 e. The van der Waals surface area contributed by atoms with Crippen LogP contribution < -0.4 is 5.32 Å². The number of nitrogens with one attached hydrogen (secondary N) is 1. The van der Waals surface area contributed by atoms with Crippen LogP contribution in [-0.2, 0) is 0 Å². The normalized spacial score (nSPS) is 10.3. The molecule has 0 atom stereocenters. The summed E-state index contributed by atoms with van der Waals surface area (Å²) in [5.74, 6) is -0.761. The molecular weight excluding hydrogens is 355 g/mol. The summed E-state index contributed by atoms with van der Waals surface area (Å²) in [7, 11) is 0. The first-order valence-corrected chi connectivity index (χ1v) is 6.63. The second-order valence-corrected chi connectivity index (χ2v) is 5.33. The third-order valence-corrected chi connectivity index (χ3v) is 3.23. The van der Waals surface area contributed by atoms with Crippen molar-refractivity contribution in [1.29, 1.82) is 0 Å². The molecule has 1 aromatic heterocycles. The molecule has 0 saturated carbocycles. The van der Waals surface area contributed by atoms with Crippen molar-refractivity contribution in [1.82, 2.24) is 4.98 Å². The SMILES string of the molecule is O=C(O)c1cc(Cl)nc(Nc2ccc(Br)cc2Cl)c1. The Morgan fingerprint density at radius 3 is 2.63 bits per heavy atom. The summed E-state index contributed by atoms with van der Waals surface area (Å²) in [5, 5.41) is 12.4. The van der Waals surface area contributed by atoms with E-state index in [2.05, 4.69) is 26.2 Å². The Morgan fingerprint density at radius 1 is 1.26 bits per heavy atom. The molecule has 0 saturated heterocycles. The number of benzene rings is 1. The second-order valence-electron chi connectivity index (χ2n) is 3.62. The van der Waals surface area contributed by atoms with Crippen LogP contribution in [0.25, 0.3) is 0 Å². The van der Waals surface area contributed by atoms with Gasteiger partial charge in [-0.25, -0.2) is 9.78 Å². The number of aromatic carboxylic acids is 1. The quantitative estimate of drug-likeness (QED) is 0.784. The van der Waals surface area contributed by atoms with Gasteiger partial charge >= 0.3 is 5.97 Å². The van der Waals surface area contributed by atoms with Crippen molar-refractivity contribution >= 4 is 56.6 Å².